The standard InChI is InChI=1S/C19H31NO/c1-6-21-16-10-8-15(9-11-16)19(3,4)17-12-7-14(2)13-18(17)20-5/h8-11,14,17-18,20H,6-7,12-13H2,1-5H3. The van der Waals surface area contributed by atoms with Crippen molar-refractivity contribution in [1.29, 1.82) is 0 Å². The molecule has 118 valence electrons. The van der Waals surface area contributed by atoms with Crippen molar-refractivity contribution in [1.82, 2.24) is 5.32 Å². The molecule has 3 atom stereocenters. The Bertz CT molecular complexity index is 437. The van der Waals surface area contributed by atoms with Crippen LogP contribution in [0.15, 0.2) is 24.3 Å². The topological polar surface area (TPSA) is 21.3 Å². The number of benzene rings is 1. The molecule has 2 heteroatoms. The fraction of sp³-hybridized carbons (Fsp3) is 0.684. The maximum atomic E-state index is 5.56. The lowest BCUT2D eigenvalue weighted by Gasteiger charge is -2.44. The van der Waals surface area contributed by atoms with Gasteiger partial charge in [-0.3, -0.25) is 0 Å². The van der Waals surface area contributed by atoms with Gasteiger partial charge in [0.15, 0.2) is 0 Å². The van der Waals surface area contributed by atoms with E-state index in [-0.39, 0.29) is 5.41 Å². The summed E-state index contributed by atoms with van der Waals surface area (Å²) in [6.45, 7) is 9.93. The highest BCUT2D eigenvalue weighted by molar-refractivity contribution is 5.32. The molecule has 0 aliphatic heterocycles. The van der Waals surface area contributed by atoms with Crippen LogP contribution in [0.5, 0.6) is 5.75 Å². The Balaban J connectivity index is 2.19. The van der Waals surface area contributed by atoms with Gasteiger partial charge in [-0.1, -0.05) is 39.3 Å². The summed E-state index contributed by atoms with van der Waals surface area (Å²) in [7, 11) is 2.12. The van der Waals surface area contributed by atoms with Crippen molar-refractivity contribution in [3.63, 3.8) is 0 Å². The van der Waals surface area contributed by atoms with E-state index in [4.69, 9.17) is 4.74 Å². The second-order valence-corrected chi connectivity index (χ2v) is 7.10. The molecule has 3 unspecified atom stereocenters. The van der Waals surface area contributed by atoms with Crippen LogP contribution in [0.25, 0.3) is 0 Å². The first-order valence-electron chi connectivity index (χ1n) is 8.39. The summed E-state index contributed by atoms with van der Waals surface area (Å²) < 4.78 is 5.56. The van der Waals surface area contributed by atoms with E-state index >= 15 is 0 Å². The molecule has 1 aliphatic rings. The molecule has 0 amide bonds. The van der Waals surface area contributed by atoms with Gasteiger partial charge in [-0.15, -0.1) is 0 Å². The van der Waals surface area contributed by atoms with E-state index in [0.717, 1.165) is 18.3 Å². The highest BCUT2D eigenvalue weighted by Gasteiger charge is 2.39. The summed E-state index contributed by atoms with van der Waals surface area (Å²) >= 11 is 0. The van der Waals surface area contributed by atoms with Crippen LogP contribution in [0.4, 0.5) is 0 Å². The molecule has 2 nitrogen and oxygen atoms in total. The SMILES string of the molecule is CCOc1ccc(C(C)(C)C2CCC(C)CC2NC)cc1. The molecule has 0 bridgehead atoms. The molecule has 1 aliphatic carbocycles. The van der Waals surface area contributed by atoms with Gasteiger partial charge in [0.25, 0.3) is 0 Å². The summed E-state index contributed by atoms with van der Waals surface area (Å²) in [6.07, 6.45) is 3.96. The fourth-order valence-corrected chi connectivity index (χ4v) is 3.93. The molecule has 0 spiro atoms. The summed E-state index contributed by atoms with van der Waals surface area (Å²) in [5.74, 6) is 2.51. The van der Waals surface area contributed by atoms with Crippen molar-refractivity contribution >= 4 is 0 Å². The number of ether oxygens (including phenoxy) is 1. The highest BCUT2D eigenvalue weighted by Crippen LogP contribution is 2.42. The summed E-state index contributed by atoms with van der Waals surface area (Å²) in [6, 6.07) is 9.34. The second-order valence-electron chi connectivity index (χ2n) is 7.10. The highest BCUT2D eigenvalue weighted by atomic mass is 16.5. The molecule has 0 saturated heterocycles. The number of rotatable bonds is 5. The smallest absolute Gasteiger partial charge is 0.119 e. The molecule has 1 N–H and O–H groups in total. The Morgan fingerprint density at radius 2 is 1.86 bits per heavy atom. The van der Waals surface area contributed by atoms with Crippen molar-refractivity contribution in [2.24, 2.45) is 11.8 Å². The van der Waals surface area contributed by atoms with Gasteiger partial charge in [-0.05, 0) is 61.8 Å². The third-order valence-corrected chi connectivity index (χ3v) is 5.32. The van der Waals surface area contributed by atoms with Gasteiger partial charge in [0.1, 0.15) is 5.75 Å². The third-order valence-electron chi connectivity index (χ3n) is 5.32. The van der Waals surface area contributed by atoms with Gasteiger partial charge in [-0.25, -0.2) is 0 Å². The largest absolute Gasteiger partial charge is 0.494 e. The minimum Gasteiger partial charge on any atom is -0.494 e. The fourth-order valence-electron chi connectivity index (χ4n) is 3.93. The van der Waals surface area contributed by atoms with Crippen molar-refractivity contribution in [2.75, 3.05) is 13.7 Å². The summed E-state index contributed by atoms with van der Waals surface area (Å²) in [4.78, 5) is 0. The second kappa shape index (κ2) is 6.83. The zero-order valence-corrected chi connectivity index (χ0v) is 14.3. The average Bonchev–Trinajstić information content (AvgIpc) is 2.47. The van der Waals surface area contributed by atoms with E-state index in [1.165, 1.54) is 24.8 Å². The quantitative estimate of drug-likeness (QED) is 0.868. The molecule has 0 aromatic heterocycles. The van der Waals surface area contributed by atoms with Crippen LogP contribution in [0.2, 0.25) is 0 Å². The third kappa shape index (κ3) is 3.60. The first-order valence-corrected chi connectivity index (χ1v) is 8.39. The Morgan fingerprint density at radius 1 is 1.19 bits per heavy atom. The van der Waals surface area contributed by atoms with E-state index in [9.17, 15) is 0 Å². The predicted molar refractivity (Wildman–Crippen MR) is 90.0 cm³/mol. The molecule has 0 radical (unpaired) electrons. The minimum atomic E-state index is 0.193. The van der Waals surface area contributed by atoms with Crippen LogP contribution < -0.4 is 10.1 Å². The van der Waals surface area contributed by atoms with E-state index in [2.05, 4.69) is 57.4 Å². The van der Waals surface area contributed by atoms with E-state index in [1.807, 2.05) is 6.92 Å². The predicted octanol–water partition coefficient (Wildman–Crippen LogP) is 4.39. The van der Waals surface area contributed by atoms with Crippen molar-refractivity contribution in [3.05, 3.63) is 29.8 Å². The van der Waals surface area contributed by atoms with Crippen LogP contribution in [-0.2, 0) is 5.41 Å². The number of hydrogen-bond donors (Lipinski definition) is 1. The molecule has 21 heavy (non-hydrogen) atoms. The Labute approximate surface area is 130 Å². The normalized spacial score (nSPS) is 26.6. The monoisotopic (exact) mass is 289 g/mol. The van der Waals surface area contributed by atoms with Gasteiger partial charge >= 0.3 is 0 Å². The molecule has 1 aromatic carbocycles. The lowest BCUT2D eigenvalue weighted by molar-refractivity contribution is 0.151. The van der Waals surface area contributed by atoms with Gasteiger partial charge in [0.05, 0.1) is 6.61 Å². The van der Waals surface area contributed by atoms with Crippen LogP contribution in [0, 0.1) is 11.8 Å². The first-order chi connectivity index (χ1) is 9.98. The van der Waals surface area contributed by atoms with E-state index in [1.54, 1.807) is 0 Å². The van der Waals surface area contributed by atoms with Crippen LogP contribution in [0.3, 0.4) is 0 Å². The maximum Gasteiger partial charge on any atom is 0.119 e. The van der Waals surface area contributed by atoms with E-state index in [0.29, 0.717) is 12.0 Å². The lowest BCUT2D eigenvalue weighted by atomic mass is 9.63. The average molecular weight is 289 g/mol. The number of nitrogens with one attached hydrogen (secondary N) is 1. The van der Waals surface area contributed by atoms with Crippen LogP contribution >= 0.6 is 0 Å². The molecule has 1 aromatic rings. The lowest BCUT2D eigenvalue weighted by Crippen LogP contribution is -2.47. The Kier molecular flexibility index (Phi) is 5.32. The Morgan fingerprint density at radius 3 is 2.43 bits per heavy atom. The van der Waals surface area contributed by atoms with Crippen molar-refractivity contribution in [3.8, 4) is 5.75 Å². The van der Waals surface area contributed by atoms with Crippen LogP contribution in [0.1, 0.15) is 52.5 Å². The molecular weight excluding hydrogens is 258 g/mol. The van der Waals surface area contributed by atoms with Gasteiger partial charge in [0.2, 0.25) is 0 Å². The minimum absolute atomic E-state index is 0.193. The number of hydrogen-bond acceptors (Lipinski definition) is 2. The molecule has 2 rings (SSSR count). The molecule has 0 heterocycles. The van der Waals surface area contributed by atoms with Gasteiger partial charge < -0.3 is 10.1 Å². The zero-order valence-electron chi connectivity index (χ0n) is 14.3. The van der Waals surface area contributed by atoms with Crippen molar-refractivity contribution in [2.45, 2.75) is 58.4 Å². The maximum absolute atomic E-state index is 5.56. The molecule has 1 fully saturated rings. The van der Waals surface area contributed by atoms with Crippen LogP contribution in [-0.4, -0.2) is 19.7 Å². The first kappa shape index (κ1) is 16.4. The van der Waals surface area contributed by atoms with Gasteiger partial charge in [-0.2, -0.15) is 0 Å². The summed E-state index contributed by atoms with van der Waals surface area (Å²) in [5, 5.41) is 3.57. The Hall–Kier alpha value is -1.02. The molecule has 1 saturated carbocycles. The van der Waals surface area contributed by atoms with Crippen molar-refractivity contribution < 1.29 is 4.74 Å². The summed E-state index contributed by atoms with van der Waals surface area (Å²) in [5.41, 5.74) is 1.62. The zero-order chi connectivity index (χ0) is 15.5. The van der Waals surface area contributed by atoms with E-state index < -0.39 is 0 Å². The van der Waals surface area contributed by atoms with Gasteiger partial charge in [0, 0.05) is 6.04 Å². The molecular formula is C19H31NO.